The van der Waals surface area contributed by atoms with E-state index >= 15 is 0 Å². The first-order valence-corrected chi connectivity index (χ1v) is 7.01. The van der Waals surface area contributed by atoms with Gasteiger partial charge in [0, 0.05) is 5.69 Å². The number of pyridine rings is 1. The molecule has 0 saturated heterocycles. The summed E-state index contributed by atoms with van der Waals surface area (Å²) in [4.78, 5) is 29.9. The van der Waals surface area contributed by atoms with Gasteiger partial charge in [-0.05, 0) is 31.2 Å². The van der Waals surface area contributed by atoms with Crippen molar-refractivity contribution in [1.29, 1.82) is 0 Å². The van der Waals surface area contributed by atoms with Crippen molar-refractivity contribution in [2.45, 2.75) is 13.5 Å². The Balaban J connectivity index is 2.08. The van der Waals surface area contributed by atoms with Crippen molar-refractivity contribution < 1.29 is 9.59 Å². The molecule has 0 unspecified atom stereocenters. The van der Waals surface area contributed by atoms with E-state index in [4.69, 9.17) is 23.2 Å². The molecule has 21 heavy (non-hydrogen) atoms. The van der Waals surface area contributed by atoms with Gasteiger partial charge in [-0.15, -0.1) is 0 Å². The minimum Gasteiger partial charge on any atom is -0.297 e. The number of hydrogen-bond donors (Lipinski definition) is 0. The number of carbonyl (C=O) groups excluding carboxylic acids is 2. The molecule has 0 radical (unpaired) electrons. The molecule has 0 saturated carbocycles. The molecule has 106 valence electrons. The summed E-state index contributed by atoms with van der Waals surface area (Å²) in [5.41, 5.74) is 2.05. The Hall–Kier alpha value is -1.91. The normalized spacial score (nSPS) is 13.8. The summed E-state index contributed by atoms with van der Waals surface area (Å²) in [6, 6.07) is 8.59. The Morgan fingerprint density at radius 3 is 2.52 bits per heavy atom. The number of benzene rings is 1. The van der Waals surface area contributed by atoms with Gasteiger partial charge in [-0.1, -0.05) is 29.3 Å². The van der Waals surface area contributed by atoms with E-state index in [-0.39, 0.29) is 17.1 Å². The van der Waals surface area contributed by atoms with E-state index in [2.05, 4.69) is 4.98 Å². The van der Waals surface area contributed by atoms with E-state index in [1.165, 1.54) is 11.0 Å². The average Bonchev–Trinajstić information content (AvgIpc) is 2.69. The molecule has 0 atom stereocenters. The first-order chi connectivity index (χ1) is 9.99. The topological polar surface area (TPSA) is 50.3 Å². The third-order valence-corrected chi connectivity index (χ3v) is 3.90. The SMILES string of the molecule is Cc1cccc(CN2C(=O)C(=O)c3c(Cl)ccc(Cl)c32)n1. The number of halogens is 2. The predicted octanol–water partition coefficient (Wildman–Crippen LogP) is 3.43. The Morgan fingerprint density at radius 1 is 1.10 bits per heavy atom. The lowest BCUT2D eigenvalue weighted by Crippen LogP contribution is -2.29. The molecule has 2 aromatic rings. The minimum atomic E-state index is -0.636. The molecule has 1 amide bonds. The summed E-state index contributed by atoms with van der Waals surface area (Å²) in [6.07, 6.45) is 0. The van der Waals surface area contributed by atoms with Crippen molar-refractivity contribution in [3.05, 3.63) is 57.3 Å². The summed E-state index contributed by atoms with van der Waals surface area (Å²) in [7, 11) is 0. The lowest BCUT2D eigenvalue weighted by Gasteiger charge is -2.17. The van der Waals surface area contributed by atoms with Crippen LogP contribution in [0.15, 0.2) is 30.3 Å². The number of fused-ring (bicyclic) bond motifs is 1. The van der Waals surface area contributed by atoms with Gasteiger partial charge in [0.2, 0.25) is 0 Å². The Kier molecular flexibility index (Phi) is 3.43. The maximum absolute atomic E-state index is 12.2. The van der Waals surface area contributed by atoms with Crippen LogP contribution in [-0.4, -0.2) is 16.7 Å². The highest BCUT2D eigenvalue weighted by atomic mass is 35.5. The molecule has 1 aromatic heterocycles. The molecular weight excluding hydrogens is 311 g/mol. The first kappa shape index (κ1) is 14.0. The van der Waals surface area contributed by atoms with Crippen molar-refractivity contribution in [3.63, 3.8) is 0 Å². The van der Waals surface area contributed by atoms with E-state index in [0.29, 0.717) is 16.4 Å². The molecule has 1 aliphatic heterocycles. The summed E-state index contributed by atoms with van der Waals surface area (Å²) < 4.78 is 0. The van der Waals surface area contributed by atoms with E-state index in [1.807, 2.05) is 19.1 Å². The highest BCUT2D eigenvalue weighted by molar-refractivity contribution is 6.56. The van der Waals surface area contributed by atoms with Crippen molar-refractivity contribution in [3.8, 4) is 0 Å². The fourth-order valence-electron chi connectivity index (χ4n) is 2.35. The second-order valence-corrected chi connectivity index (χ2v) is 5.56. The number of nitrogens with zero attached hydrogens (tertiary/aromatic N) is 2. The fourth-order valence-corrected chi connectivity index (χ4v) is 2.85. The standard InChI is InChI=1S/C15H10Cl2N2O2/c1-8-3-2-4-9(18-8)7-19-13-11(17)6-5-10(16)12(13)14(20)15(19)21/h2-6H,7H2,1H3. The lowest BCUT2D eigenvalue weighted by atomic mass is 10.1. The number of rotatable bonds is 2. The molecule has 0 bridgehead atoms. The van der Waals surface area contributed by atoms with Crippen LogP contribution < -0.4 is 4.90 Å². The Labute approximate surface area is 131 Å². The summed E-state index contributed by atoms with van der Waals surface area (Å²) in [6.45, 7) is 2.04. The largest absolute Gasteiger partial charge is 0.299 e. The molecule has 0 spiro atoms. The zero-order valence-corrected chi connectivity index (χ0v) is 12.6. The van der Waals surface area contributed by atoms with Crippen LogP contribution >= 0.6 is 23.2 Å². The zero-order chi connectivity index (χ0) is 15.1. The lowest BCUT2D eigenvalue weighted by molar-refractivity contribution is -0.114. The fraction of sp³-hybridized carbons (Fsp3) is 0.133. The van der Waals surface area contributed by atoms with Gasteiger partial charge in [-0.2, -0.15) is 0 Å². The van der Waals surface area contributed by atoms with Gasteiger partial charge in [0.05, 0.1) is 33.5 Å². The average molecular weight is 321 g/mol. The van der Waals surface area contributed by atoms with E-state index < -0.39 is 11.7 Å². The quantitative estimate of drug-likeness (QED) is 0.796. The monoisotopic (exact) mass is 320 g/mol. The van der Waals surface area contributed by atoms with Crippen molar-refractivity contribution in [1.82, 2.24) is 4.98 Å². The van der Waals surface area contributed by atoms with Gasteiger partial charge in [-0.3, -0.25) is 19.5 Å². The highest BCUT2D eigenvalue weighted by Gasteiger charge is 2.39. The van der Waals surface area contributed by atoms with Crippen LogP contribution in [0.5, 0.6) is 0 Å². The van der Waals surface area contributed by atoms with Crippen molar-refractivity contribution in [2.75, 3.05) is 4.90 Å². The van der Waals surface area contributed by atoms with Crippen LogP contribution in [0.3, 0.4) is 0 Å². The smallest absolute Gasteiger partial charge is 0.297 e. The predicted molar refractivity (Wildman–Crippen MR) is 81.0 cm³/mol. The van der Waals surface area contributed by atoms with Gasteiger partial charge < -0.3 is 0 Å². The second-order valence-electron chi connectivity index (χ2n) is 4.74. The molecule has 1 aromatic carbocycles. The number of Topliss-reactive ketones (excluding diaryl/α,β-unsaturated/α-hetero) is 1. The van der Waals surface area contributed by atoms with Crippen LogP contribution in [0.25, 0.3) is 0 Å². The van der Waals surface area contributed by atoms with E-state index in [1.54, 1.807) is 12.1 Å². The van der Waals surface area contributed by atoms with Crippen LogP contribution in [0.2, 0.25) is 10.0 Å². The third-order valence-electron chi connectivity index (χ3n) is 3.28. The molecular formula is C15H10Cl2N2O2. The molecule has 6 heteroatoms. The molecule has 0 N–H and O–H groups in total. The maximum atomic E-state index is 12.2. The Bertz CT molecular complexity index is 774. The number of anilines is 1. The number of carbonyl (C=O) groups is 2. The van der Waals surface area contributed by atoms with E-state index in [0.717, 1.165) is 5.69 Å². The highest BCUT2D eigenvalue weighted by Crippen LogP contribution is 2.40. The molecule has 0 aliphatic carbocycles. The minimum absolute atomic E-state index is 0.168. The number of aryl methyl sites for hydroxylation is 1. The van der Waals surface area contributed by atoms with Gasteiger partial charge in [-0.25, -0.2) is 0 Å². The summed E-state index contributed by atoms with van der Waals surface area (Å²) in [5.74, 6) is -1.27. The van der Waals surface area contributed by atoms with Gasteiger partial charge in [0.1, 0.15) is 0 Å². The van der Waals surface area contributed by atoms with Gasteiger partial charge >= 0.3 is 0 Å². The van der Waals surface area contributed by atoms with Crippen LogP contribution in [0.1, 0.15) is 21.7 Å². The third kappa shape index (κ3) is 2.30. The molecule has 3 rings (SSSR count). The first-order valence-electron chi connectivity index (χ1n) is 6.26. The molecule has 1 aliphatic rings. The Morgan fingerprint density at radius 2 is 1.81 bits per heavy atom. The molecule has 0 fully saturated rings. The zero-order valence-electron chi connectivity index (χ0n) is 11.1. The van der Waals surface area contributed by atoms with Gasteiger partial charge in [0.15, 0.2) is 0 Å². The summed E-state index contributed by atoms with van der Waals surface area (Å²) in [5, 5.41) is 0.550. The number of hydrogen-bond acceptors (Lipinski definition) is 3. The van der Waals surface area contributed by atoms with Crippen LogP contribution in [-0.2, 0) is 11.3 Å². The van der Waals surface area contributed by atoms with E-state index in [9.17, 15) is 9.59 Å². The molecule has 2 heterocycles. The summed E-state index contributed by atoms with van der Waals surface area (Å²) >= 11 is 12.2. The van der Waals surface area contributed by atoms with Crippen molar-refractivity contribution >= 4 is 40.6 Å². The number of ketones is 1. The van der Waals surface area contributed by atoms with Gasteiger partial charge in [0.25, 0.3) is 11.7 Å². The van der Waals surface area contributed by atoms with Crippen LogP contribution in [0.4, 0.5) is 5.69 Å². The molecule has 4 nitrogen and oxygen atoms in total. The number of amides is 1. The maximum Gasteiger partial charge on any atom is 0.299 e. The second kappa shape index (κ2) is 5.13. The number of aromatic nitrogens is 1. The van der Waals surface area contributed by atoms with Crippen LogP contribution in [0, 0.1) is 6.92 Å². The van der Waals surface area contributed by atoms with Crippen molar-refractivity contribution in [2.24, 2.45) is 0 Å².